The number of nitrogens with zero attached hydrogens (tertiary/aromatic N) is 2. The van der Waals surface area contributed by atoms with Crippen molar-refractivity contribution in [2.45, 2.75) is 38.8 Å². The molecule has 0 aliphatic carbocycles. The van der Waals surface area contributed by atoms with Crippen LogP contribution in [0.1, 0.15) is 41.4 Å². The summed E-state index contributed by atoms with van der Waals surface area (Å²) in [6.07, 6.45) is 5.08. The third-order valence-corrected chi connectivity index (χ3v) is 4.98. The van der Waals surface area contributed by atoms with Crippen molar-refractivity contribution in [2.75, 3.05) is 13.2 Å². The molecule has 1 aliphatic heterocycles. The van der Waals surface area contributed by atoms with Gasteiger partial charge in [0.05, 0.1) is 0 Å². The molecule has 0 aromatic carbocycles. The predicted octanol–water partition coefficient (Wildman–Crippen LogP) is 2.69. The van der Waals surface area contributed by atoms with Gasteiger partial charge in [0.25, 0.3) is 0 Å². The number of thiophene rings is 1. The molecule has 0 radical (unpaired) electrons. The fraction of sp³-hybridized carbons (Fsp3) is 0.600. The van der Waals surface area contributed by atoms with Gasteiger partial charge in [-0.05, 0) is 25.0 Å². The van der Waals surface area contributed by atoms with Crippen LogP contribution in [-0.4, -0.2) is 28.3 Å². The van der Waals surface area contributed by atoms with E-state index in [-0.39, 0.29) is 6.10 Å². The summed E-state index contributed by atoms with van der Waals surface area (Å²) in [5.41, 5.74) is 0. The Labute approximate surface area is 129 Å². The molecule has 1 aliphatic rings. The Morgan fingerprint density at radius 1 is 1.43 bits per heavy atom. The first-order chi connectivity index (χ1) is 10.4. The van der Waals surface area contributed by atoms with E-state index in [1.807, 2.05) is 11.3 Å². The molecule has 0 bridgehead atoms. The second-order valence-corrected chi connectivity index (χ2v) is 6.71. The van der Waals surface area contributed by atoms with Crippen molar-refractivity contribution in [3.05, 3.63) is 34.0 Å². The maximum atomic E-state index is 5.78. The van der Waals surface area contributed by atoms with Crippen LogP contribution in [0.3, 0.4) is 0 Å². The molecule has 21 heavy (non-hydrogen) atoms. The van der Waals surface area contributed by atoms with E-state index in [2.05, 4.69) is 39.6 Å². The second-order valence-electron chi connectivity index (χ2n) is 5.46. The third-order valence-electron chi connectivity index (χ3n) is 3.84. The highest BCUT2D eigenvalue weighted by Gasteiger charge is 2.31. The second kappa shape index (κ2) is 7.15. The molecule has 0 unspecified atom stereocenters. The zero-order chi connectivity index (χ0) is 14.5. The topological polar surface area (TPSA) is 62.8 Å². The van der Waals surface area contributed by atoms with E-state index in [4.69, 9.17) is 4.74 Å². The molecule has 1 saturated heterocycles. The van der Waals surface area contributed by atoms with Crippen LogP contribution in [0.25, 0.3) is 0 Å². The molecule has 6 heteroatoms. The van der Waals surface area contributed by atoms with Gasteiger partial charge in [0.1, 0.15) is 12.4 Å². The van der Waals surface area contributed by atoms with Crippen LogP contribution in [0.15, 0.2) is 18.5 Å². The number of aryl methyl sites for hydroxylation is 1. The molecular formula is C15H22N4OS. The number of rotatable bonds is 7. The number of H-pyrrole nitrogens is 1. The molecule has 0 saturated carbocycles. The van der Waals surface area contributed by atoms with Crippen LogP contribution in [-0.2, 0) is 17.7 Å². The van der Waals surface area contributed by atoms with Gasteiger partial charge in [-0.3, -0.25) is 5.10 Å². The molecular weight excluding hydrogens is 284 g/mol. The van der Waals surface area contributed by atoms with E-state index in [0.29, 0.717) is 5.92 Å². The van der Waals surface area contributed by atoms with Gasteiger partial charge in [-0.15, -0.1) is 11.3 Å². The van der Waals surface area contributed by atoms with Gasteiger partial charge in [0, 0.05) is 35.4 Å². The lowest BCUT2D eigenvalue weighted by Crippen LogP contribution is -2.24. The van der Waals surface area contributed by atoms with Crippen LogP contribution >= 0.6 is 11.3 Å². The van der Waals surface area contributed by atoms with E-state index in [0.717, 1.165) is 31.9 Å². The third kappa shape index (κ3) is 3.70. The number of nitrogens with one attached hydrogen (secondary N) is 2. The minimum absolute atomic E-state index is 0.0546. The van der Waals surface area contributed by atoms with E-state index in [1.54, 1.807) is 6.33 Å². The zero-order valence-corrected chi connectivity index (χ0v) is 13.2. The van der Waals surface area contributed by atoms with Crippen molar-refractivity contribution in [1.82, 2.24) is 20.5 Å². The molecule has 0 amide bonds. The first-order valence-electron chi connectivity index (χ1n) is 7.62. The fourth-order valence-electron chi connectivity index (χ4n) is 2.78. The van der Waals surface area contributed by atoms with Gasteiger partial charge >= 0.3 is 0 Å². The van der Waals surface area contributed by atoms with Crippen LogP contribution in [0, 0.1) is 5.92 Å². The van der Waals surface area contributed by atoms with Crippen molar-refractivity contribution in [2.24, 2.45) is 5.92 Å². The van der Waals surface area contributed by atoms with Crippen LogP contribution in [0.2, 0.25) is 0 Å². The minimum Gasteiger partial charge on any atom is -0.370 e. The molecule has 1 fully saturated rings. The van der Waals surface area contributed by atoms with Gasteiger partial charge in [0.2, 0.25) is 0 Å². The SMILES string of the molecule is CCCc1ccc(CNC[C@@H]2CCO[C@@H]2c2ncn[nH]2)s1. The van der Waals surface area contributed by atoms with Crippen molar-refractivity contribution in [1.29, 1.82) is 0 Å². The van der Waals surface area contributed by atoms with Gasteiger partial charge in [-0.2, -0.15) is 5.10 Å². The molecule has 2 aromatic rings. The summed E-state index contributed by atoms with van der Waals surface area (Å²) < 4.78 is 5.78. The normalized spacial score (nSPS) is 22.0. The number of hydrogen-bond donors (Lipinski definition) is 2. The highest BCUT2D eigenvalue weighted by molar-refractivity contribution is 7.11. The fourth-order valence-corrected chi connectivity index (χ4v) is 3.87. The molecule has 2 atom stereocenters. The lowest BCUT2D eigenvalue weighted by atomic mass is 10.0. The Balaban J connectivity index is 1.48. The highest BCUT2D eigenvalue weighted by atomic mass is 32.1. The smallest absolute Gasteiger partial charge is 0.153 e. The first-order valence-corrected chi connectivity index (χ1v) is 8.43. The Hall–Kier alpha value is -1.24. The summed E-state index contributed by atoms with van der Waals surface area (Å²) in [5, 5.41) is 10.4. The van der Waals surface area contributed by atoms with Gasteiger partial charge in [-0.1, -0.05) is 13.3 Å². The summed E-state index contributed by atoms with van der Waals surface area (Å²) in [6.45, 7) is 4.92. The van der Waals surface area contributed by atoms with E-state index in [9.17, 15) is 0 Å². The molecule has 2 N–H and O–H groups in total. The zero-order valence-electron chi connectivity index (χ0n) is 12.3. The molecule has 3 rings (SSSR count). The summed E-state index contributed by atoms with van der Waals surface area (Å²) in [7, 11) is 0. The van der Waals surface area contributed by atoms with E-state index < -0.39 is 0 Å². The van der Waals surface area contributed by atoms with Crippen molar-refractivity contribution in [3.63, 3.8) is 0 Å². The number of aromatic nitrogens is 3. The summed E-state index contributed by atoms with van der Waals surface area (Å²) in [4.78, 5) is 7.12. The summed E-state index contributed by atoms with van der Waals surface area (Å²) in [5.74, 6) is 1.31. The van der Waals surface area contributed by atoms with Crippen molar-refractivity contribution < 1.29 is 4.74 Å². The van der Waals surface area contributed by atoms with Gasteiger partial charge in [-0.25, -0.2) is 4.98 Å². The maximum absolute atomic E-state index is 5.78. The number of ether oxygens (including phenoxy) is 1. The lowest BCUT2D eigenvalue weighted by Gasteiger charge is -2.16. The molecule has 3 heterocycles. The largest absolute Gasteiger partial charge is 0.370 e. The maximum Gasteiger partial charge on any atom is 0.153 e. The molecule has 5 nitrogen and oxygen atoms in total. The van der Waals surface area contributed by atoms with Crippen molar-refractivity contribution >= 4 is 11.3 Å². The van der Waals surface area contributed by atoms with E-state index in [1.165, 1.54) is 22.6 Å². The molecule has 2 aromatic heterocycles. The van der Waals surface area contributed by atoms with Crippen molar-refractivity contribution in [3.8, 4) is 0 Å². The Kier molecular flexibility index (Phi) is 5.00. The summed E-state index contributed by atoms with van der Waals surface area (Å²) in [6, 6.07) is 4.49. The van der Waals surface area contributed by atoms with Crippen LogP contribution < -0.4 is 5.32 Å². The average Bonchev–Trinajstić information content (AvgIpc) is 3.19. The Morgan fingerprint density at radius 3 is 3.14 bits per heavy atom. The lowest BCUT2D eigenvalue weighted by molar-refractivity contribution is 0.0836. The van der Waals surface area contributed by atoms with Gasteiger partial charge < -0.3 is 10.1 Å². The van der Waals surface area contributed by atoms with Crippen LogP contribution in [0.4, 0.5) is 0 Å². The quantitative estimate of drug-likeness (QED) is 0.825. The number of aromatic amines is 1. The molecule has 114 valence electrons. The predicted molar refractivity (Wildman–Crippen MR) is 83.2 cm³/mol. The van der Waals surface area contributed by atoms with Crippen LogP contribution in [0.5, 0.6) is 0 Å². The minimum atomic E-state index is 0.0546. The highest BCUT2D eigenvalue weighted by Crippen LogP contribution is 2.31. The Morgan fingerprint density at radius 2 is 2.33 bits per heavy atom. The molecule has 0 spiro atoms. The first kappa shape index (κ1) is 14.7. The monoisotopic (exact) mass is 306 g/mol. The summed E-state index contributed by atoms with van der Waals surface area (Å²) >= 11 is 1.92. The van der Waals surface area contributed by atoms with E-state index >= 15 is 0 Å². The number of hydrogen-bond acceptors (Lipinski definition) is 5. The Bertz CT molecular complexity index is 540. The average molecular weight is 306 g/mol. The van der Waals surface area contributed by atoms with Gasteiger partial charge in [0.15, 0.2) is 5.82 Å². The standard InChI is InChI=1S/C15H22N4OS/c1-2-3-12-4-5-13(21-12)9-16-8-11-6-7-20-14(11)15-17-10-18-19-15/h4-5,10-11,14,16H,2-3,6-9H2,1H3,(H,17,18,19)/t11-,14-/m0/s1.